The minimum absolute atomic E-state index is 0.0440. The Morgan fingerprint density at radius 2 is 1.24 bits per heavy atom. The predicted octanol–water partition coefficient (Wildman–Crippen LogP) is 7.44. The molecular weight excluding hydrogens is 543 g/mol. The third-order valence-electron chi connectivity index (χ3n) is 5.94. The molecule has 0 amide bonds. The van der Waals surface area contributed by atoms with Crippen molar-refractivity contribution in [3.05, 3.63) is 108 Å². The molecule has 0 unspecified atom stereocenters. The first-order valence-corrected chi connectivity index (χ1v) is 12.1. The molecule has 0 atom stereocenters. The summed E-state index contributed by atoms with van der Waals surface area (Å²) in [5, 5.41) is 19.9. The van der Waals surface area contributed by atoms with E-state index in [4.69, 9.17) is 9.47 Å². The Morgan fingerprint density at radius 3 is 1.83 bits per heavy atom. The van der Waals surface area contributed by atoms with Gasteiger partial charge in [0.15, 0.2) is 0 Å². The summed E-state index contributed by atoms with van der Waals surface area (Å²) in [6.45, 7) is 0. The summed E-state index contributed by atoms with van der Waals surface area (Å²) >= 11 is 0. The molecule has 41 heavy (non-hydrogen) atoms. The topological polar surface area (TPSA) is 107 Å². The number of fused-ring (bicyclic) bond motifs is 1. The van der Waals surface area contributed by atoms with E-state index in [0.29, 0.717) is 22.7 Å². The first-order chi connectivity index (χ1) is 19.6. The fourth-order valence-corrected chi connectivity index (χ4v) is 4.36. The lowest BCUT2D eigenvalue weighted by molar-refractivity contribution is -0.274. The lowest BCUT2D eigenvalue weighted by atomic mass is 10.1. The van der Waals surface area contributed by atoms with Crippen molar-refractivity contribution in [2.75, 3.05) is 0 Å². The molecule has 0 spiro atoms. The number of carboxylic acids is 2. The monoisotopic (exact) mass is 563 g/mol. The average molecular weight is 563 g/mol. The van der Waals surface area contributed by atoms with Crippen molar-refractivity contribution in [1.82, 2.24) is 4.57 Å². The van der Waals surface area contributed by atoms with Gasteiger partial charge in [-0.3, -0.25) is 4.79 Å². The van der Waals surface area contributed by atoms with E-state index in [1.54, 1.807) is 53.1 Å². The molecule has 4 aromatic carbocycles. The van der Waals surface area contributed by atoms with Crippen LogP contribution in [-0.4, -0.2) is 33.1 Å². The SMILES string of the molecule is O=C(O)Cc1c(C(=O)O)c2cc(Oc3ccc(OC(F)(F)F)cc3)ccc2n1-c1ccc(Oc2ccccc2)cc1. The van der Waals surface area contributed by atoms with Gasteiger partial charge in [0, 0.05) is 16.8 Å². The number of benzene rings is 4. The van der Waals surface area contributed by atoms with Crippen LogP contribution in [0.25, 0.3) is 16.6 Å². The normalized spacial score (nSPS) is 11.3. The van der Waals surface area contributed by atoms with E-state index in [-0.39, 0.29) is 28.1 Å². The zero-order chi connectivity index (χ0) is 29.1. The molecule has 0 saturated heterocycles. The first-order valence-electron chi connectivity index (χ1n) is 12.1. The predicted molar refractivity (Wildman–Crippen MR) is 141 cm³/mol. The summed E-state index contributed by atoms with van der Waals surface area (Å²) in [6.07, 6.45) is -5.41. The number of rotatable bonds is 9. The molecule has 2 N–H and O–H groups in total. The van der Waals surface area contributed by atoms with Gasteiger partial charge in [-0.1, -0.05) is 18.2 Å². The van der Waals surface area contributed by atoms with Crippen molar-refractivity contribution in [1.29, 1.82) is 0 Å². The molecule has 8 nitrogen and oxygen atoms in total. The third-order valence-corrected chi connectivity index (χ3v) is 5.94. The van der Waals surface area contributed by atoms with Crippen molar-refractivity contribution in [3.8, 4) is 34.4 Å². The van der Waals surface area contributed by atoms with Gasteiger partial charge in [0.1, 0.15) is 28.7 Å². The van der Waals surface area contributed by atoms with Gasteiger partial charge < -0.3 is 29.0 Å². The van der Waals surface area contributed by atoms with Crippen LogP contribution in [0.1, 0.15) is 16.1 Å². The number of para-hydroxylation sites is 1. The van der Waals surface area contributed by atoms with Crippen LogP contribution < -0.4 is 14.2 Å². The highest BCUT2D eigenvalue weighted by Crippen LogP contribution is 2.35. The fraction of sp³-hybridized carbons (Fsp3) is 0.0667. The van der Waals surface area contributed by atoms with Crippen molar-refractivity contribution in [2.45, 2.75) is 12.8 Å². The lowest BCUT2D eigenvalue weighted by Crippen LogP contribution is -2.16. The second-order valence-electron chi connectivity index (χ2n) is 8.74. The Morgan fingerprint density at radius 1 is 0.707 bits per heavy atom. The maximum Gasteiger partial charge on any atom is 0.573 e. The van der Waals surface area contributed by atoms with Gasteiger partial charge in [-0.05, 0) is 78.9 Å². The van der Waals surface area contributed by atoms with Gasteiger partial charge in [-0.2, -0.15) is 0 Å². The second kappa shape index (κ2) is 11.0. The smallest absolute Gasteiger partial charge is 0.481 e. The first kappa shape index (κ1) is 27.1. The Kier molecular flexibility index (Phi) is 7.26. The minimum Gasteiger partial charge on any atom is -0.481 e. The quantitative estimate of drug-likeness (QED) is 0.192. The Hall–Kier alpha value is -5.45. The number of nitrogens with zero attached hydrogens (tertiary/aromatic N) is 1. The molecule has 0 aliphatic heterocycles. The summed E-state index contributed by atoms with van der Waals surface area (Å²) in [6, 6.07) is 25.1. The molecule has 0 radical (unpaired) electrons. The largest absolute Gasteiger partial charge is 0.573 e. The van der Waals surface area contributed by atoms with Crippen LogP contribution in [0.2, 0.25) is 0 Å². The van der Waals surface area contributed by atoms with Crippen molar-refractivity contribution in [2.24, 2.45) is 0 Å². The molecule has 0 bridgehead atoms. The number of hydrogen-bond donors (Lipinski definition) is 2. The maximum absolute atomic E-state index is 12.4. The van der Waals surface area contributed by atoms with Crippen LogP contribution in [-0.2, 0) is 11.2 Å². The molecule has 1 heterocycles. The second-order valence-corrected chi connectivity index (χ2v) is 8.74. The molecule has 5 aromatic rings. The van der Waals surface area contributed by atoms with Crippen LogP contribution in [0, 0.1) is 0 Å². The van der Waals surface area contributed by atoms with Gasteiger partial charge in [0.25, 0.3) is 0 Å². The zero-order valence-electron chi connectivity index (χ0n) is 21.0. The number of aliphatic carboxylic acids is 1. The number of aromatic carboxylic acids is 1. The Balaban J connectivity index is 1.52. The van der Waals surface area contributed by atoms with E-state index in [0.717, 1.165) is 12.1 Å². The Labute approximate surface area is 230 Å². The van der Waals surface area contributed by atoms with E-state index in [9.17, 15) is 33.0 Å². The molecule has 208 valence electrons. The molecule has 5 rings (SSSR count). The number of alkyl halides is 3. The van der Waals surface area contributed by atoms with Gasteiger partial charge >= 0.3 is 18.3 Å². The molecule has 0 aliphatic carbocycles. The summed E-state index contributed by atoms with van der Waals surface area (Å²) < 4.78 is 54.3. The van der Waals surface area contributed by atoms with Crippen molar-refractivity contribution >= 4 is 22.8 Å². The maximum atomic E-state index is 12.4. The molecule has 0 aliphatic rings. The molecule has 1 aromatic heterocycles. The lowest BCUT2D eigenvalue weighted by Gasteiger charge is -2.12. The minimum atomic E-state index is -4.84. The standard InChI is InChI=1S/C30H20F3NO7/c31-30(32,33)41-22-12-10-21(11-13-22)40-23-14-15-25-24(16-23)28(29(37)38)26(17-27(35)36)34(25)18-6-8-20(9-7-18)39-19-4-2-1-3-5-19/h1-16H,17H2,(H,35,36)(H,37,38). The third kappa shape index (κ3) is 6.25. The van der Waals surface area contributed by atoms with Crippen LogP contribution >= 0.6 is 0 Å². The van der Waals surface area contributed by atoms with Crippen LogP contribution in [0.5, 0.6) is 28.7 Å². The number of halogens is 3. The van der Waals surface area contributed by atoms with Crippen LogP contribution in [0.15, 0.2) is 97.1 Å². The summed E-state index contributed by atoms with van der Waals surface area (Å²) in [5.74, 6) is -1.47. The van der Waals surface area contributed by atoms with Crippen molar-refractivity contribution < 1.29 is 47.2 Å². The molecule has 0 saturated carbocycles. The summed E-state index contributed by atoms with van der Waals surface area (Å²) in [4.78, 5) is 24.1. The zero-order valence-corrected chi connectivity index (χ0v) is 21.0. The Bertz CT molecular complexity index is 1710. The number of ether oxygens (including phenoxy) is 3. The highest BCUT2D eigenvalue weighted by Gasteiger charge is 2.31. The summed E-state index contributed by atoms with van der Waals surface area (Å²) in [5.41, 5.74) is 0.749. The highest BCUT2D eigenvalue weighted by atomic mass is 19.4. The molecular formula is C30H20F3NO7. The number of hydrogen-bond acceptors (Lipinski definition) is 5. The van der Waals surface area contributed by atoms with Crippen molar-refractivity contribution in [3.63, 3.8) is 0 Å². The van der Waals surface area contributed by atoms with Crippen LogP contribution in [0.3, 0.4) is 0 Å². The number of aromatic nitrogens is 1. The van der Waals surface area contributed by atoms with Gasteiger partial charge in [-0.15, -0.1) is 13.2 Å². The van der Waals surface area contributed by atoms with Gasteiger partial charge in [0.2, 0.25) is 0 Å². The van der Waals surface area contributed by atoms with Crippen LogP contribution in [0.4, 0.5) is 13.2 Å². The van der Waals surface area contributed by atoms with E-state index in [1.165, 1.54) is 18.2 Å². The fourth-order valence-electron chi connectivity index (χ4n) is 4.36. The number of carbonyl (C=O) groups is 2. The highest BCUT2D eigenvalue weighted by molar-refractivity contribution is 6.07. The number of carboxylic acid groups (broad SMARTS) is 2. The average Bonchev–Trinajstić information content (AvgIpc) is 3.22. The van der Waals surface area contributed by atoms with E-state index in [2.05, 4.69) is 4.74 Å². The van der Waals surface area contributed by atoms with E-state index >= 15 is 0 Å². The molecule has 11 heteroatoms. The van der Waals surface area contributed by atoms with E-state index in [1.807, 2.05) is 18.2 Å². The van der Waals surface area contributed by atoms with E-state index < -0.39 is 30.5 Å². The van der Waals surface area contributed by atoms with Gasteiger partial charge in [0.05, 0.1) is 17.5 Å². The summed E-state index contributed by atoms with van der Waals surface area (Å²) in [7, 11) is 0. The van der Waals surface area contributed by atoms with Gasteiger partial charge in [-0.25, -0.2) is 4.79 Å². The molecule has 0 fully saturated rings.